The average molecular weight is 437 g/mol. The van der Waals surface area contributed by atoms with Gasteiger partial charge in [0.2, 0.25) is 0 Å². The van der Waals surface area contributed by atoms with Gasteiger partial charge in [0.1, 0.15) is 5.75 Å². The molecule has 4 rings (SSSR count). The highest BCUT2D eigenvalue weighted by molar-refractivity contribution is 8.01. The molecule has 0 amide bonds. The Morgan fingerprint density at radius 1 is 1.07 bits per heavy atom. The number of hydrogen-bond acceptors (Lipinski definition) is 5. The van der Waals surface area contributed by atoms with E-state index in [1.165, 1.54) is 21.0 Å². The van der Waals surface area contributed by atoms with Gasteiger partial charge in [-0.15, -0.1) is 11.3 Å². The fourth-order valence-electron chi connectivity index (χ4n) is 3.75. The number of aromatic nitrogens is 1. The third-order valence-corrected chi connectivity index (χ3v) is 7.49. The summed E-state index contributed by atoms with van der Waals surface area (Å²) in [7, 11) is 0. The summed E-state index contributed by atoms with van der Waals surface area (Å²) in [5.41, 5.74) is 2.37. The number of nitrogens with one attached hydrogen (secondary N) is 1. The summed E-state index contributed by atoms with van der Waals surface area (Å²) in [4.78, 5) is 4.87. The highest BCUT2D eigenvalue weighted by atomic mass is 32.2. The minimum Gasteiger partial charge on any atom is -0.494 e. The topological polar surface area (TPSA) is 34.2 Å². The molecule has 1 N–H and O–H groups in total. The van der Waals surface area contributed by atoms with Crippen molar-refractivity contribution >= 4 is 44.1 Å². The molecule has 0 aliphatic carbocycles. The van der Waals surface area contributed by atoms with Crippen LogP contribution in [0.5, 0.6) is 5.75 Å². The minimum atomic E-state index is 0.263. The van der Waals surface area contributed by atoms with E-state index in [2.05, 4.69) is 67.7 Å². The summed E-state index contributed by atoms with van der Waals surface area (Å²) in [6.45, 7) is 7.18. The number of benzene rings is 3. The molecule has 0 saturated heterocycles. The molecule has 4 aromatic rings. The Labute approximate surface area is 186 Å². The zero-order chi connectivity index (χ0) is 20.9. The van der Waals surface area contributed by atoms with Crippen LogP contribution < -0.4 is 10.1 Å². The van der Waals surface area contributed by atoms with Crippen LogP contribution in [-0.4, -0.2) is 17.0 Å². The van der Waals surface area contributed by atoms with Gasteiger partial charge in [0.05, 0.1) is 22.2 Å². The van der Waals surface area contributed by atoms with Crippen molar-refractivity contribution in [2.75, 3.05) is 6.61 Å². The Hall–Kier alpha value is -2.08. The molecule has 0 aliphatic heterocycles. The van der Waals surface area contributed by atoms with Crippen molar-refractivity contribution < 1.29 is 4.74 Å². The SMILES string of the molecule is CCCC(N[C@H](C)c1cccc2ccccc12)Sc1nc2cc(OCC)ccc2s1. The standard InChI is InChI=1S/C25H28N2OS2/c1-4-9-24(26-17(3)20-13-8-11-18-10-6-7-12-21(18)20)30-25-27-22-16-19(28-5-2)14-15-23(22)29-25/h6-8,10-17,24,26H,4-5,9H2,1-3H3/t17-,24?/m1/s1. The molecule has 2 atom stereocenters. The number of ether oxygens (including phenoxy) is 1. The van der Waals surface area contributed by atoms with Gasteiger partial charge in [-0.25, -0.2) is 4.98 Å². The Balaban J connectivity index is 1.53. The second kappa shape index (κ2) is 9.82. The average Bonchev–Trinajstić information content (AvgIpc) is 3.15. The van der Waals surface area contributed by atoms with E-state index < -0.39 is 0 Å². The van der Waals surface area contributed by atoms with Crippen LogP contribution >= 0.6 is 23.1 Å². The van der Waals surface area contributed by atoms with Crippen LogP contribution in [0.25, 0.3) is 21.0 Å². The van der Waals surface area contributed by atoms with Crippen LogP contribution in [0.4, 0.5) is 0 Å². The van der Waals surface area contributed by atoms with Gasteiger partial charge in [-0.3, -0.25) is 5.32 Å². The zero-order valence-corrected chi connectivity index (χ0v) is 19.4. The first-order valence-electron chi connectivity index (χ1n) is 10.6. The van der Waals surface area contributed by atoms with Crippen LogP contribution in [0.15, 0.2) is 65.0 Å². The molecule has 0 saturated carbocycles. The van der Waals surface area contributed by atoms with Gasteiger partial charge in [0, 0.05) is 12.1 Å². The van der Waals surface area contributed by atoms with Crippen LogP contribution in [0.3, 0.4) is 0 Å². The van der Waals surface area contributed by atoms with Gasteiger partial charge in [0.25, 0.3) is 0 Å². The van der Waals surface area contributed by atoms with Crippen molar-refractivity contribution in [2.45, 2.75) is 49.4 Å². The first-order valence-corrected chi connectivity index (χ1v) is 12.3. The third-order valence-electron chi connectivity index (χ3n) is 5.17. The van der Waals surface area contributed by atoms with E-state index in [4.69, 9.17) is 9.72 Å². The molecule has 0 radical (unpaired) electrons. The summed E-state index contributed by atoms with van der Waals surface area (Å²) in [5, 5.41) is 6.79. The lowest BCUT2D eigenvalue weighted by Crippen LogP contribution is -2.28. The first kappa shape index (κ1) is 21.2. The number of fused-ring (bicyclic) bond motifs is 2. The Morgan fingerprint density at radius 3 is 2.73 bits per heavy atom. The van der Waals surface area contributed by atoms with E-state index >= 15 is 0 Å². The third kappa shape index (κ3) is 4.80. The normalized spacial score (nSPS) is 13.6. The lowest BCUT2D eigenvalue weighted by atomic mass is 9.99. The van der Waals surface area contributed by atoms with Crippen molar-refractivity contribution in [3.8, 4) is 5.75 Å². The molecular formula is C25H28N2OS2. The Bertz CT molecular complexity index is 1120. The lowest BCUT2D eigenvalue weighted by Gasteiger charge is -2.23. The van der Waals surface area contributed by atoms with Gasteiger partial charge in [-0.05, 0) is 48.7 Å². The summed E-state index contributed by atoms with van der Waals surface area (Å²) >= 11 is 3.60. The molecule has 3 nitrogen and oxygen atoms in total. The molecule has 0 spiro atoms. The van der Waals surface area contributed by atoms with Crippen LogP contribution in [0.2, 0.25) is 0 Å². The molecule has 3 aromatic carbocycles. The minimum absolute atomic E-state index is 0.263. The van der Waals surface area contributed by atoms with Gasteiger partial charge in [-0.2, -0.15) is 0 Å². The maximum atomic E-state index is 5.63. The van der Waals surface area contributed by atoms with Gasteiger partial charge < -0.3 is 4.74 Å². The quantitative estimate of drug-likeness (QED) is 0.219. The molecule has 0 bridgehead atoms. The fourth-order valence-corrected chi connectivity index (χ4v) is 6.26. The van der Waals surface area contributed by atoms with Crippen LogP contribution in [0.1, 0.15) is 45.2 Å². The van der Waals surface area contributed by atoms with E-state index in [-0.39, 0.29) is 6.04 Å². The van der Waals surface area contributed by atoms with Crippen molar-refractivity contribution in [3.05, 3.63) is 66.2 Å². The molecule has 5 heteroatoms. The van der Waals surface area contributed by atoms with Crippen molar-refractivity contribution in [3.63, 3.8) is 0 Å². The largest absolute Gasteiger partial charge is 0.494 e. The van der Waals surface area contributed by atoms with Gasteiger partial charge in [0.15, 0.2) is 4.34 Å². The summed E-state index contributed by atoms with van der Waals surface area (Å²) in [6.07, 6.45) is 2.23. The Kier molecular flexibility index (Phi) is 6.93. The zero-order valence-electron chi connectivity index (χ0n) is 17.7. The fraction of sp³-hybridized carbons (Fsp3) is 0.320. The predicted molar refractivity (Wildman–Crippen MR) is 131 cm³/mol. The monoisotopic (exact) mass is 436 g/mol. The molecule has 1 aromatic heterocycles. The number of thioether (sulfide) groups is 1. The predicted octanol–water partition coefficient (Wildman–Crippen LogP) is 7.42. The van der Waals surface area contributed by atoms with E-state index in [0.717, 1.165) is 28.4 Å². The smallest absolute Gasteiger partial charge is 0.152 e. The first-order chi connectivity index (χ1) is 14.7. The van der Waals surface area contributed by atoms with Crippen molar-refractivity contribution in [1.82, 2.24) is 10.3 Å². The second-order valence-corrected chi connectivity index (χ2v) is 9.87. The van der Waals surface area contributed by atoms with E-state index in [1.807, 2.05) is 30.8 Å². The van der Waals surface area contributed by atoms with Gasteiger partial charge >= 0.3 is 0 Å². The number of nitrogens with zero attached hydrogens (tertiary/aromatic N) is 1. The highest BCUT2D eigenvalue weighted by Gasteiger charge is 2.18. The van der Waals surface area contributed by atoms with Crippen molar-refractivity contribution in [2.24, 2.45) is 0 Å². The van der Waals surface area contributed by atoms with E-state index in [0.29, 0.717) is 12.0 Å². The number of thiazole rings is 1. The van der Waals surface area contributed by atoms with Crippen LogP contribution in [0, 0.1) is 0 Å². The Morgan fingerprint density at radius 2 is 1.90 bits per heavy atom. The second-order valence-electron chi connectivity index (χ2n) is 7.39. The van der Waals surface area contributed by atoms with E-state index in [9.17, 15) is 0 Å². The van der Waals surface area contributed by atoms with Crippen molar-refractivity contribution in [1.29, 1.82) is 0 Å². The molecular weight excluding hydrogens is 408 g/mol. The number of rotatable bonds is 9. The van der Waals surface area contributed by atoms with Gasteiger partial charge in [-0.1, -0.05) is 67.6 Å². The summed E-state index contributed by atoms with van der Waals surface area (Å²) < 4.78 is 7.94. The van der Waals surface area contributed by atoms with E-state index in [1.54, 1.807) is 11.3 Å². The summed E-state index contributed by atoms with van der Waals surface area (Å²) in [6, 6.07) is 21.6. The molecule has 156 valence electrons. The molecule has 0 fully saturated rings. The maximum Gasteiger partial charge on any atom is 0.152 e. The lowest BCUT2D eigenvalue weighted by molar-refractivity contribution is 0.340. The number of hydrogen-bond donors (Lipinski definition) is 1. The maximum absolute atomic E-state index is 5.63. The molecule has 30 heavy (non-hydrogen) atoms. The van der Waals surface area contributed by atoms with Crippen LogP contribution in [-0.2, 0) is 0 Å². The highest BCUT2D eigenvalue weighted by Crippen LogP contribution is 2.35. The summed E-state index contributed by atoms with van der Waals surface area (Å²) in [5.74, 6) is 0.889. The molecule has 1 unspecified atom stereocenters. The molecule has 1 heterocycles. The molecule has 0 aliphatic rings.